The quantitative estimate of drug-likeness (QED) is 0.685. The van der Waals surface area contributed by atoms with Crippen LogP contribution in [0.3, 0.4) is 0 Å². The third-order valence-electron chi connectivity index (χ3n) is 2.67. The van der Waals surface area contributed by atoms with Crippen LogP contribution in [0, 0.1) is 0 Å². The largest absolute Gasteiger partial charge is 0.462 e. The maximum Gasteiger partial charge on any atom is 0.340 e. The third kappa shape index (κ3) is 4.36. The molecule has 1 atom stereocenters. The van der Waals surface area contributed by atoms with E-state index in [1.165, 1.54) is 12.3 Å². The summed E-state index contributed by atoms with van der Waals surface area (Å²) in [6.45, 7) is 2.94. The summed E-state index contributed by atoms with van der Waals surface area (Å²) >= 11 is 0. The van der Waals surface area contributed by atoms with Gasteiger partial charge in [0.2, 0.25) is 0 Å². The van der Waals surface area contributed by atoms with Crippen LogP contribution in [0.15, 0.2) is 12.3 Å². The average molecular weight is 283 g/mol. The number of nitrogens with one attached hydrogen (secondary N) is 1. The Morgan fingerprint density at radius 3 is 2.85 bits per heavy atom. The predicted octanol–water partition coefficient (Wildman–Crippen LogP) is 0.914. The fourth-order valence-corrected chi connectivity index (χ4v) is 1.61. The Kier molecular flexibility index (Phi) is 6.75. The second-order valence-corrected chi connectivity index (χ2v) is 4.04. The van der Waals surface area contributed by atoms with Crippen LogP contribution in [0.5, 0.6) is 0 Å². The molecule has 0 saturated carbocycles. The lowest BCUT2D eigenvalue weighted by molar-refractivity contribution is 0.0365. The molecule has 20 heavy (non-hydrogen) atoms. The standard InChI is InChI=1S/C13H21N3O4/c1-4-20-13(17)10-5-6-15-12(11(10)14)16-7-9(19-3)8-18-2/h5-6,9H,4,7-8,14H2,1-3H3,(H,15,16). The lowest BCUT2D eigenvalue weighted by Gasteiger charge is -2.16. The third-order valence-corrected chi connectivity index (χ3v) is 2.67. The van der Waals surface area contributed by atoms with Crippen molar-refractivity contribution < 1.29 is 19.0 Å². The predicted molar refractivity (Wildman–Crippen MR) is 75.8 cm³/mol. The molecule has 0 spiro atoms. The van der Waals surface area contributed by atoms with Crippen LogP contribution in [-0.4, -0.2) is 51.0 Å². The number of anilines is 2. The summed E-state index contributed by atoms with van der Waals surface area (Å²) in [5.41, 5.74) is 6.48. The number of esters is 1. The molecule has 1 unspecified atom stereocenters. The van der Waals surface area contributed by atoms with Crippen LogP contribution in [-0.2, 0) is 14.2 Å². The van der Waals surface area contributed by atoms with Crippen molar-refractivity contribution in [3.8, 4) is 0 Å². The zero-order chi connectivity index (χ0) is 15.0. The molecule has 0 aliphatic carbocycles. The molecule has 0 aliphatic heterocycles. The minimum absolute atomic E-state index is 0.132. The SMILES string of the molecule is CCOC(=O)c1ccnc(NCC(COC)OC)c1N. The fourth-order valence-electron chi connectivity index (χ4n) is 1.61. The molecule has 0 aliphatic rings. The maximum atomic E-state index is 11.7. The topological polar surface area (TPSA) is 95.7 Å². The van der Waals surface area contributed by atoms with E-state index in [0.29, 0.717) is 31.1 Å². The Bertz CT molecular complexity index is 440. The van der Waals surface area contributed by atoms with Crippen molar-refractivity contribution in [1.82, 2.24) is 4.98 Å². The monoisotopic (exact) mass is 283 g/mol. The van der Waals surface area contributed by atoms with Gasteiger partial charge in [0.15, 0.2) is 0 Å². The second-order valence-electron chi connectivity index (χ2n) is 4.04. The number of methoxy groups -OCH3 is 2. The molecule has 1 aromatic heterocycles. The molecule has 0 saturated heterocycles. The molecule has 0 amide bonds. The molecular weight excluding hydrogens is 262 g/mol. The van der Waals surface area contributed by atoms with Gasteiger partial charge in [0.1, 0.15) is 5.82 Å². The number of nitrogens with two attached hydrogens (primary N) is 1. The van der Waals surface area contributed by atoms with E-state index in [0.717, 1.165) is 0 Å². The van der Waals surface area contributed by atoms with Crippen LogP contribution in [0.4, 0.5) is 11.5 Å². The fraction of sp³-hybridized carbons (Fsp3) is 0.538. The van der Waals surface area contributed by atoms with E-state index in [1.807, 2.05) is 0 Å². The van der Waals surface area contributed by atoms with Crippen LogP contribution < -0.4 is 11.1 Å². The molecule has 3 N–H and O–H groups in total. The summed E-state index contributed by atoms with van der Waals surface area (Å²) in [6.07, 6.45) is 1.37. The normalized spacial score (nSPS) is 11.9. The van der Waals surface area contributed by atoms with E-state index in [-0.39, 0.29) is 11.8 Å². The number of carbonyl (C=O) groups excluding carboxylic acids is 1. The van der Waals surface area contributed by atoms with E-state index in [2.05, 4.69) is 10.3 Å². The number of aromatic nitrogens is 1. The van der Waals surface area contributed by atoms with Gasteiger partial charge in [-0.2, -0.15) is 0 Å². The summed E-state index contributed by atoms with van der Waals surface area (Å²) in [5, 5.41) is 3.04. The molecule has 1 rings (SSSR count). The summed E-state index contributed by atoms with van der Waals surface area (Å²) in [5.74, 6) is -0.0376. The minimum atomic E-state index is -0.462. The molecule has 0 bridgehead atoms. The molecular formula is C13H21N3O4. The van der Waals surface area contributed by atoms with Gasteiger partial charge in [0.05, 0.1) is 30.6 Å². The van der Waals surface area contributed by atoms with Gasteiger partial charge in [-0.15, -0.1) is 0 Å². The highest BCUT2D eigenvalue weighted by Gasteiger charge is 2.15. The van der Waals surface area contributed by atoms with Crippen LogP contribution in [0.25, 0.3) is 0 Å². The van der Waals surface area contributed by atoms with Crippen molar-refractivity contribution in [2.24, 2.45) is 0 Å². The minimum Gasteiger partial charge on any atom is -0.462 e. The van der Waals surface area contributed by atoms with Gasteiger partial charge in [-0.25, -0.2) is 9.78 Å². The average Bonchev–Trinajstić information content (AvgIpc) is 2.45. The van der Waals surface area contributed by atoms with E-state index < -0.39 is 5.97 Å². The summed E-state index contributed by atoms with van der Waals surface area (Å²) in [7, 11) is 3.19. The van der Waals surface area contributed by atoms with Crippen molar-refractivity contribution in [3.05, 3.63) is 17.8 Å². The van der Waals surface area contributed by atoms with Gasteiger partial charge in [-0.3, -0.25) is 0 Å². The summed E-state index contributed by atoms with van der Waals surface area (Å²) in [6, 6.07) is 1.53. The molecule has 0 fully saturated rings. The molecule has 7 nitrogen and oxygen atoms in total. The number of hydrogen-bond donors (Lipinski definition) is 2. The highest BCUT2D eigenvalue weighted by Crippen LogP contribution is 2.20. The van der Waals surface area contributed by atoms with Crippen LogP contribution >= 0.6 is 0 Å². The van der Waals surface area contributed by atoms with Crippen molar-refractivity contribution in [3.63, 3.8) is 0 Å². The van der Waals surface area contributed by atoms with E-state index >= 15 is 0 Å². The zero-order valence-electron chi connectivity index (χ0n) is 12.0. The highest BCUT2D eigenvalue weighted by atomic mass is 16.5. The Morgan fingerprint density at radius 1 is 1.50 bits per heavy atom. The lowest BCUT2D eigenvalue weighted by Crippen LogP contribution is -2.27. The van der Waals surface area contributed by atoms with Gasteiger partial charge < -0.3 is 25.3 Å². The lowest BCUT2D eigenvalue weighted by atomic mass is 10.2. The number of hydrogen-bond acceptors (Lipinski definition) is 7. The Balaban J connectivity index is 2.76. The second kappa shape index (κ2) is 8.34. The molecule has 1 heterocycles. The van der Waals surface area contributed by atoms with Gasteiger partial charge in [-0.05, 0) is 13.0 Å². The molecule has 0 aromatic carbocycles. The Hall–Kier alpha value is -1.86. The summed E-state index contributed by atoms with van der Waals surface area (Å²) < 4.78 is 15.2. The first-order valence-electron chi connectivity index (χ1n) is 6.31. The van der Waals surface area contributed by atoms with Gasteiger partial charge in [0.25, 0.3) is 0 Å². The van der Waals surface area contributed by atoms with Gasteiger partial charge in [-0.1, -0.05) is 0 Å². The first-order chi connectivity index (χ1) is 9.63. The van der Waals surface area contributed by atoms with Crippen molar-refractivity contribution in [2.75, 3.05) is 45.0 Å². The number of nitrogens with zero attached hydrogens (tertiary/aromatic N) is 1. The first-order valence-corrected chi connectivity index (χ1v) is 6.31. The maximum absolute atomic E-state index is 11.7. The number of rotatable bonds is 8. The number of pyridine rings is 1. The molecule has 7 heteroatoms. The van der Waals surface area contributed by atoms with Crippen molar-refractivity contribution >= 4 is 17.5 Å². The van der Waals surface area contributed by atoms with Crippen LogP contribution in [0.1, 0.15) is 17.3 Å². The number of carbonyl (C=O) groups is 1. The molecule has 1 aromatic rings. The zero-order valence-corrected chi connectivity index (χ0v) is 12.0. The summed E-state index contributed by atoms with van der Waals surface area (Å²) in [4.78, 5) is 15.8. The van der Waals surface area contributed by atoms with E-state index in [1.54, 1.807) is 21.1 Å². The van der Waals surface area contributed by atoms with E-state index in [9.17, 15) is 4.79 Å². The highest BCUT2D eigenvalue weighted by molar-refractivity contribution is 5.97. The Morgan fingerprint density at radius 2 is 2.25 bits per heavy atom. The number of nitrogen functional groups attached to an aromatic ring is 1. The smallest absolute Gasteiger partial charge is 0.340 e. The van der Waals surface area contributed by atoms with E-state index in [4.69, 9.17) is 19.9 Å². The number of ether oxygens (including phenoxy) is 3. The van der Waals surface area contributed by atoms with Gasteiger partial charge in [0, 0.05) is 27.0 Å². The van der Waals surface area contributed by atoms with Gasteiger partial charge >= 0.3 is 5.97 Å². The van der Waals surface area contributed by atoms with Crippen molar-refractivity contribution in [1.29, 1.82) is 0 Å². The first kappa shape index (κ1) is 16.2. The van der Waals surface area contributed by atoms with Crippen molar-refractivity contribution in [2.45, 2.75) is 13.0 Å². The van der Waals surface area contributed by atoms with Crippen LogP contribution in [0.2, 0.25) is 0 Å². The molecule has 0 radical (unpaired) electrons. The molecule has 112 valence electrons. The Labute approximate surface area is 118 Å².